The first-order valence-electron chi connectivity index (χ1n) is 7.70. The van der Waals surface area contributed by atoms with Gasteiger partial charge in [-0.2, -0.15) is 0 Å². The molecule has 2 heterocycles. The molecule has 2 saturated heterocycles. The maximum Gasteiger partial charge on any atom is 0.331 e. The van der Waals surface area contributed by atoms with Gasteiger partial charge in [-0.3, -0.25) is 0 Å². The standard InChI is InChI=1S/C16H24O6/c1-3-15(7-19-8-15)11-21-13(17)5-6-14(18)22-12-16(4-2)9-20-10-16/h5-6H,3-4,7-12H2,1-2H3/b6-5+. The van der Waals surface area contributed by atoms with Crippen molar-refractivity contribution >= 4 is 11.9 Å². The van der Waals surface area contributed by atoms with Crippen molar-refractivity contribution in [2.75, 3.05) is 39.6 Å². The zero-order valence-corrected chi connectivity index (χ0v) is 13.3. The van der Waals surface area contributed by atoms with Crippen molar-refractivity contribution in [3.63, 3.8) is 0 Å². The zero-order valence-electron chi connectivity index (χ0n) is 13.3. The SMILES string of the molecule is CCC1(COC(=O)/C=C/C(=O)OCC2(CC)COC2)COC1. The fourth-order valence-corrected chi connectivity index (χ4v) is 2.24. The van der Waals surface area contributed by atoms with E-state index in [0.717, 1.165) is 25.0 Å². The molecule has 0 aromatic rings. The molecular weight excluding hydrogens is 288 g/mol. The fourth-order valence-electron chi connectivity index (χ4n) is 2.24. The van der Waals surface area contributed by atoms with E-state index < -0.39 is 11.9 Å². The number of hydrogen-bond donors (Lipinski definition) is 0. The Bertz CT molecular complexity index is 383. The topological polar surface area (TPSA) is 71.1 Å². The summed E-state index contributed by atoms with van der Waals surface area (Å²) in [5.41, 5.74) is -0.108. The monoisotopic (exact) mass is 312 g/mol. The van der Waals surface area contributed by atoms with Crippen molar-refractivity contribution in [2.24, 2.45) is 10.8 Å². The van der Waals surface area contributed by atoms with Gasteiger partial charge < -0.3 is 18.9 Å². The lowest BCUT2D eigenvalue weighted by Gasteiger charge is -2.39. The van der Waals surface area contributed by atoms with Gasteiger partial charge in [0.15, 0.2) is 0 Å². The second-order valence-corrected chi connectivity index (χ2v) is 6.24. The van der Waals surface area contributed by atoms with E-state index in [9.17, 15) is 9.59 Å². The molecule has 6 heteroatoms. The summed E-state index contributed by atoms with van der Waals surface area (Å²) in [6.45, 7) is 7.17. The molecule has 0 amide bonds. The maximum atomic E-state index is 11.6. The van der Waals surface area contributed by atoms with Crippen LogP contribution in [-0.2, 0) is 28.5 Å². The van der Waals surface area contributed by atoms with E-state index >= 15 is 0 Å². The van der Waals surface area contributed by atoms with E-state index in [1.54, 1.807) is 0 Å². The van der Waals surface area contributed by atoms with Gasteiger partial charge in [0.2, 0.25) is 0 Å². The van der Waals surface area contributed by atoms with Crippen LogP contribution < -0.4 is 0 Å². The van der Waals surface area contributed by atoms with E-state index in [0.29, 0.717) is 39.6 Å². The molecule has 22 heavy (non-hydrogen) atoms. The Morgan fingerprint density at radius 3 is 1.45 bits per heavy atom. The highest BCUT2D eigenvalue weighted by Gasteiger charge is 2.38. The van der Waals surface area contributed by atoms with Gasteiger partial charge in [0.05, 0.1) is 37.3 Å². The summed E-state index contributed by atoms with van der Waals surface area (Å²) in [5, 5.41) is 0. The average Bonchev–Trinajstić information content (AvgIpc) is 2.44. The van der Waals surface area contributed by atoms with Gasteiger partial charge in [0.25, 0.3) is 0 Å². The van der Waals surface area contributed by atoms with Crippen molar-refractivity contribution in [3.8, 4) is 0 Å². The number of rotatable bonds is 8. The lowest BCUT2D eigenvalue weighted by molar-refractivity contribution is -0.168. The Kier molecular flexibility index (Phi) is 5.58. The molecule has 2 aliphatic rings. The molecule has 0 atom stereocenters. The van der Waals surface area contributed by atoms with Crippen LogP contribution in [0.25, 0.3) is 0 Å². The quantitative estimate of drug-likeness (QED) is 0.499. The Labute approximate surface area is 130 Å². The first kappa shape index (κ1) is 17.0. The third kappa shape index (κ3) is 4.08. The van der Waals surface area contributed by atoms with Crippen molar-refractivity contribution in [1.29, 1.82) is 0 Å². The molecule has 0 N–H and O–H groups in total. The summed E-state index contributed by atoms with van der Waals surface area (Å²) < 4.78 is 20.6. The van der Waals surface area contributed by atoms with Gasteiger partial charge in [0, 0.05) is 12.2 Å². The number of carbonyl (C=O) groups is 2. The van der Waals surface area contributed by atoms with Crippen molar-refractivity contribution < 1.29 is 28.5 Å². The van der Waals surface area contributed by atoms with Gasteiger partial charge in [-0.25, -0.2) is 9.59 Å². The lowest BCUT2D eigenvalue weighted by atomic mass is 9.84. The highest BCUT2D eigenvalue weighted by molar-refractivity contribution is 5.91. The molecule has 0 spiro atoms. The molecule has 2 rings (SSSR count). The van der Waals surface area contributed by atoms with Crippen LogP contribution in [0.15, 0.2) is 12.2 Å². The van der Waals surface area contributed by atoms with Crippen LogP contribution in [0.4, 0.5) is 0 Å². The number of ether oxygens (including phenoxy) is 4. The van der Waals surface area contributed by atoms with E-state index in [1.807, 2.05) is 13.8 Å². The molecule has 0 aromatic carbocycles. The molecule has 0 bridgehead atoms. The first-order chi connectivity index (χ1) is 10.5. The van der Waals surface area contributed by atoms with E-state index in [1.165, 1.54) is 0 Å². The van der Waals surface area contributed by atoms with E-state index in [2.05, 4.69) is 0 Å². The summed E-state index contributed by atoms with van der Waals surface area (Å²) in [6.07, 6.45) is 4.02. The predicted octanol–water partition coefficient (Wildman–Crippen LogP) is 1.48. The minimum absolute atomic E-state index is 0.0538. The highest BCUT2D eigenvalue weighted by atomic mass is 16.6. The summed E-state index contributed by atoms with van der Waals surface area (Å²) in [7, 11) is 0. The van der Waals surface area contributed by atoms with Crippen LogP contribution >= 0.6 is 0 Å². The zero-order chi connectivity index (χ0) is 16.1. The molecule has 6 nitrogen and oxygen atoms in total. The number of carbonyl (C=O) groups excluding carboxylic acids is 2. The van der Waals surface area contributed by atoms with Gasteiger partial charge >= 0.3 is 11.9 Å². The third-order valence-corrected chi connectivity index (χ3v) is 4.53. The van der Waals surface area contributed by atoms with Gasteiger partial charge in [-0.1, -0.05) is 13.8 Å². The average molecular weight is 312 g/mol. The summed E-state index contributed by atoms with van der Waals surface area (Å²) in [6, 6.07) is 0. The van der Waals surface area contributed by atoms with Crippen LogP contribution in [0.3, 0.4) is 0 Å². The van der Waals surface area contributed by atoms with Crippen LogP contribution in [-0.4, -0.2) is 51.6 Å². The van der Waals surface area contributed by atoms with Crippen molar-refractivity contribution in [3.05, 3.63) is 12.2 Å². The Hall–Kier alpha value is -1.40. The minimum atomic E-state index is -0.533. The first-order valence-corrected chi connectivity index (χ1v) is 7.70. The smallest absolute Gasteiger partial charge is 0.331 e. The molecule has 0 radical (unpaired) electrons. The molecule has 0 unspecified atom stereocenters. The fraction of sp³-hybridized carbons (Fsp3) is 0.750. The predicted molar refractivity (Wildman–Crippen MR) is 78.1 cm³/mol. The summed E-state index contributed by atoms with van der Waals surface area (Å²) in [4.78, 5) is 23.2. The lowest BCUT2D eigenvalue weighted by Crippen LogP contribution is -2.46. The van der Waals surface area contributed by atoms with Gasteiger partial charge in [-0.05, 0) is 12.8 Å². The Balaban J connectivity index is 1.67. The molecule has 0 aliphatic carbocycles. The second-order valence-electron chi connectivity index (χ2n) is 6.24. The normalized spacial score (nSPS) is 21.7. The Morgan fingerprint density at radius 1 is 0.864 bits per heavy atom. The van der Waals surface area contributed by atoms with Gasteiger partial charge in [-0.15, -0.1) is 0 Å². The third-order valence-electron chi connectivity index (χ3n) is 4.53. The highest BCUT2D eigenvalue weighted by Crippen LogP contribution is 2.32. The molecule has 0 aromatic heterocycles. The number of esters is 2. The summed E-state index contributed by atoms with van der Waals surface area (Å²) in [5.74, 6) is -1.07. The molecule has 2 aliphatic heterocycles. The molecule has 0 saturated carbocycles. The maximum absolute atomic E-state index is 11.6. The van der Waals surface area contributed by atoms with E-state index in [-0.39, 0.29) is 10.8 Å². The van der Waals surface area contributed by atoms with Crippen molar-refractivity contribution in [2.45, 2.75) is 26.7 Å². The van der Waals surface area contributed by atoms with Crippen LogP contribution in [0.5, 0.6) is 0 Å². The number of hydrogen-bond acceptors (Lipinski definition) is 6. The molecule has 124 valence electrons. The van der Waals surface area contributed by atoms with Crippen LogP contribution in [0.2, 0.25) is 0 Å². The van der Waals surface area contributed by atoms with Gasteiger partial charge in [0.1, 0.15) is 13.2 Å². The van der Waals surface area contributed by atoms with Crippen molar-refractivity contribution in [1.82, 2.24) is 0 Å². The molecular formula is C16H24O6. The largest absolute Gasteiger partial charge is 0.462 e. The minimum Gasteiger partial charge on any atom is -0.462 e. The second kappa shape index (κ2) is 7.24. The van der Waals surface area contributed by atoms with Crippen LogP contribution in [0.1, 0.15) is 26.7 Å². The Morgan fingerprint density at radius 2 is 1.23 bits per heavy atom. The van der Waals surface area contributed by atoms with E-state index in [4.69, 9.17) is 18.9 Å². The van der Waals surface area contributed by atoms with Crippen LogP contribution in [0, 0.1) is 10.8 Å². The summed E-state index contributed by atoms with van der Waals surface area (Å²) >= 11 is 0. The molecule has 2 fully saturated rings.